The van der Waals surface area contributed by atoms with Gasteiger partial charge in [-0.1, -0.05) is 48.4 Å². The van der Waals surface area contributed by atoms with Crippen LogP contribution in [-0.2, 0) is 14.3 Å². The molecule has 0 radical (unpaired) electrons. The third-order valence-corrected chi connectivity index (χ3v) is 3.35. The molecule has 0 heterocycles. The quantitative estimate of drug-likeness (QED) is 0.618. The van der Waals surface area contributed by atoms with Gasteiger partial charge in [0.05, 0.1) is 12.3 Å². The van der Waals surface area contributed by atoms with Gasteiger partial charge in [-0.15, -0.1) is 0 Å². The maximum Gasteiger partial charge on any atom is 0.509 e. The van der Waals surface area contributed by atoms with E-state index in [2.05, 4.69) is 11.8 Å². The molecule has 0 aliphatic heterocycles. The third-order valence-electron chi connectivity index (χ3n) is 3.35. The van der Waals surface area contributed by atoms with E-state index < -0.39 is 24.3 Å². The Morgan fingerprint density at radius 3 is 2.36 bits per heavy atom. The van der Waals surface area contributed by atoms with Gasteiger partial charge in [-0.3, -0.25) is 4.79 Å². The van der Waals surface area contributed by atoms with Gasteiger partial charge in [0.15, 0.2) is 6.10 Å². The van der Waals surface area contributed by atoms with Gasteiger partial charge in [0.25, 0.3) is 0 Å². The van der Waals surface area contributed by atoms with Crippen molar-refractivity contribution in [2.75, 3.05) is 11.9 Å². The van der Waals surface area contributed by atoms with Crippen LogP contribution in [0.5, 0.6) is 0 Å². The Morgan fingerprint density at radius 1 is 1.07 bits per heavy atom. The molecule has 0 aromatic heterocycles. The van der Waals surface area contributed by atoms with E-state index in [1.807, 2.05) is 0 Å². The molecular formula is C20H16F3NO4. The van der Waals surface area contributed by atoms with Crippen LogP contribution < -0.4 is 5.32 Å². The molecule has 1 atom stereocenters. The number of para-hydroxylation sites is 1. The first-order valence-electron chi connectivity index (χ1n) is 8.18. The molecule has 0 fully saturated rings. The van der Waals surface area contributed by atoms with Crippen LogP contribution in [0.4, 0.5) is 23.7 Å². The lowest BCUT2D eigenvalue weighted by molar-refractivity contribution is -0.167. The summed E-state index contributed by atoms with van der Waals surface area (Å²) in [5.74, 6) is 3.23. The minimum atomic E-state index is -5.03. The number of carbonyl (C=O) groups is 2. The fourth-order valence-corrected chi connectivity index (χ4v) is 2.09. The second-order valence-electron chi connectivity index (χ2n) is 5.36. The van der Waals surface area contributed by atoms with Crippen molar-refractivity contribution in [1.29, 1.82) is 0 Å². The highest BCUT2D eigenvalue weighted by atomic mass is 19.4. The number of hydrogen-bond acceptors (Lipinski definition) is 4. The Morgan fingerprint density at radius 2 is 1.71 bits per heavy atom. The molecule has 0 spiro atoms. The molecule has 28 heavy (non-hydrogen) atoms. The predicted molar refractivity (Wildman–Crippen MR) is 95.3 cm³/mol. The minimum absolute atomic E-state index is 0.111. The molecule has 0 saturated heterocycles. The maximum atomic E-state index is 12.5. The first-order valence-corrected chi connectivity index (χ1v) is 8.18. The van der Waals surface area contributed by atoms with Crippen molar-refractivity contribution < 1.29 is 32.2 Å². The number of rotatable bonds is 4. The van der Waals surface area contributed by atoms with Gasteiger partial charge in [0, 0.05) is 11.1 Å². The zero-order valence-corrected chi connectivity index (χ0v) is 14.7. The summed E-state index contributed by atoms with van der Waals surface area (Å²) in [7, 11) is 0. The number of hydrogen-bond donors (Lipinski definition) is 1. The molecule has 0 bridgehead atoms. The summed E-state index contributed by atoms with van der Waals surface area (Å²) in [6.45, 7) is 1.73. The minimum Gasteiger partial charge on any atom is -0.435 e. The summed E-state index contributed by atoms with van der Waals surface area (Å²) in [6, 6.07) is 14.3. The molecule has 2 rings (SSSR count). The van der Waals surface area contributed by atoms with Crippen LogP contribution in [0.1, 0.15) is 24.2 Å². The summed E-state index contributed by atoms with van der Waals surface area (Å²) < 4.78 is 47.4. The van der Waals surface area contributed by atoms with E-state index in [0.29, 0.717) is 5.56 Å². The van der Waals surface area contributed by atoms with Gasteiger partial charge in [-0.2, -0.15) is 13.2 Å². The number of nitrogens with one attached hydrogen (secondary N) is 1. The predicted octanol–water partition coefficient (Wildman–Crippen LogP) is 4.45. The zero-order chi connectivity index (χ0) is 20.6. The molecule has 1 N–H and O–H groups in total. The van der Waals surface area contributed by atoms with Crippen molar-refractivity contribution in [2.45, 2.75) is 19.2 Å². The van der Waals surface area contributed by atoms with Crippen molar-refractivity contribution in [1.82, 2.24) is 0 Å². The average molecular weight is 391 g/mol. The second kappa shape index (κ2) is 9.46. The molecule has 0 saturated carbocycles. The molecule has 2 aromatic carbocycles. The lowest BCUT2D eigenvalue weighted by Gasteiger charge is -2.12. The largest absolute Gasteiger partial charge is 0.509 e. The van der Waals surface area contributed by atoms with Gasteiger partial charge < -0.3 is 14.8 Å². The van der Waals surface area contributed by atoms with Crippen molar-refractivity contribution in [2.24, 2.45) is 0 Å². The number of alkyl halides is 3. The van der Waals surface area contributed by atoms with Crippen LogP contribution in [0.15, 0.2) is 54.6 Å². The van der Waals surface area contributed by atoms with Gasteiger partial charge in [0.1, 0.15) is 0 Å². The monoisotopic (exact) mass is 391 g/mol. The molecule has 0 aliphatic rings. The second-order valence-corrected chi connectivity index (χ2v) is 5.36. The Hall–Kier alpha value is -3.47. The third kappa shape index (κ3) is 6.06. The Kier molecular flexibility index (Phi) is 7.04. The first kappa shape index (κ1) is 20.8. The number of anilines is 1. The molecule has 2 aromatic rings. The molecule has 146 valence electrons. The first-order chi connectivity index (χ1) is 13.3. The number of ether oxygens (including phenoxy) is 2. The number of halogens is 3. The van der Waals surface area contributed by atoms with Gasteiger partial charge in [-0.25, -0.2) is 4.79 Å². The highest BCUT2D eigenvalue weighted by molar-refractivity contribution is 5.96. The van der Waals surface area contributed by atoms with E-state index in [0.717, 1.165) is 0 Å². The Labute approximate surface area is 159 Å². The molecular weight excluding hydrogens is 375 g/mol. The van der Waals surface area contributed by atoms with Crippen LogP contribution >= 0.6 is 0 Å². The van der Waals surface area contributed by atoms with Crippen LogP contribution in [0.2, 0.25) is 0 Å². The van der Waals surface area contributed by atoms with E-state index >= 15 is 0 Å². The molecule has 8 heteroatoms. The smallest absolute Gasteiger partial charge is 0.435 e. The number of amides is 1. The highest BCUT2D eigenvalue weighted by Gasteiger charge is 2.38. The van der Waals surface area contributed by atoms with Gasteiger partial charge >= 0.3 is 18.2 Å². The lowest BCUT2D eigenvalue weighted by Crippen LogP contribution is -2.30. The zero-order valence-electron chi connectivity index (χ0n) is 14.7. The average Bonchev–Trinajstić information content (AvgIpc) is 2.66. The van der Waals surface area contributed by atoms with Crippen LogP contribution in [0.25, 0.3) is 0 Å². The Balaban J connectivity index is 2.31. The van der Waals surface area contributed by atoms with Crippen LogP contribution in [-0.4, -0.2) is 24.8 Å². The van der Waals surface area contributed by atoms with Crippen molar-refractivity contribution in [3.63, 3.8) is 0 Å². The van der Waals surface area contributed by atoms with Crippen molar-refractivity contribution >= 4 is 17.7 Å². The summed E-state index contributed by atoms with van der Waals surface area (Å²) >= 11 is 0. The standard InChI is InChI=1S/C20H16F3NO4/c1-2-27-19(26)28-17(15-9-4-3-5-10-15)13-12-14-8-6-7-11-16(14)24-18(25)20(21,22)23/h3-11,17H,2H2,1H3,(H,24,25). The highest BCUT2D eigenvalue weighted by Crippen LogP contribution is 2.22. The molecule has 1 unspecified atom stereocenters. The van der Waals surface area contributed by atoms with Crippen molar-refractivity contribution in [3.8, 4) is 11.8 Å². The van der Waals surface area contributed by atoms with Crippen molar-refractivity contribution in [3.05, 3.63) is 65.7 Å². The van der Waals surface area contributed by atoms with Crippen LogP contribution in [0.3, 0.4) is 0 Å². The summed E-state index contributed by atoms with van der Waals surface area (Å²) in [5, 5.41) is 1.78. The van der Waals surface area contributed by atoms with Gasteiger partial charge in [-0.05, 0) is 25.0 Å². The van der Waals surface area contributed by atoms with E-state index in [-0.39, 0.29) is 17.9 Å². The topological polar surface area (TPSA) is 64.6 Å². The number of benzene rings is 2. The van der Waals surface area contributed by atoms with E-state index in [9.17, 15) is 22.8 Å². The molecule has 5 nitrogen and oxygen atoms in total. The van der Waals surface area contributed by atoms with Crippen LogP contribution in [0, 0.1) is 11.8 Å². The summed E-state index contributed by atoms with van der Waals surface area (Å²) in [6.07, 6.45) is -6.96. The maximum absolute atomic E-state index is 12.5. The normalized spacial score (nSPS) is 11.6. The lowest BCUT2D eigenvalue weighted by atomic mass is 10.1. The fraction of sp³-hybridized carbons (Fsp3) is 0.200. The molecule has 1 amide bonds. The number of carbonyl (C=O) groups excluding carboxylic acids is 2. The molecule has 0 aliphatic carbocycles. The van der Waals surface area contributed by atoms with Gasteiger partial charge in [0.2, 0.25) is 0 Å². The SMILES string of the molecule is CCOC(=O)OC(C#Cc1ccccc1NC(=O)C(F)(F)F)c1ccccc1. The summed E-state index contributed by atoms with van der Waals surface area (Å²) in [5.41, 5.74) is 0.577. The Bertz CT molecular complexity index is 886. The summed E-state index contributed by atoms with van der Waals surface area (Å²) in [4.78, 5) is 22.9. The van der Waals surface area contributed by atoms with E-state index in [4.69, 9.17) is 9.47 Å². The fourth-order valence-electron chi connectivity index (χ4n) is 2.09. The van der Waals surface area contributed by atoms with E-state index in [1.54, 1.807) is 48.6 Å². The van der Waals surface area contributed by atoms with E-state index in [1.165, 1.54) is 18.2 Å².